The molecule has 0 radical (unpaired) electrons. The minimum Gasteiger partial charge on any atom is -0.459 e. The minimum absolute atomic E-state index is 0.0402. The maximum absolute atomic E-state index is 13.3. The maximum Gasteiger partial charge on any atom is 0.428 e. The highest BCUT2D eigenvalue weighted by molar-refractivity contribution is 5.88. The molecule has 0 aromatic carbocycles. The van der Waals surface area contributed by atoms with Gasteiger partial charge in [-0.05, 0) is 287 Å². The first kappa shape index (κ1) is 135. The molecule has 146 heavy (non-hydrogen) atoms. The van der Waals surface area contributed by atoms with Crippen molar-refractivity contribution in [1.29, 1.82) is 0 Å². The van der Waals surface area contributed by atoms with Crippen molar-refractivity contribution < 1.29 is 227 Å². The fourth-order valence-electron chi connectivity index (χ4n) is 19.0. The molecular weight excluding hydrogens is 2020 g/mol. The van der Waals surface area contributed by atoms with Crippen LogP contribution in [0.5, 0.6) is 0 Å². The molecule has 0 spiro atoms. The van der Waals surface area contributed by atoms with E-state index in [1.165, 1.54) is 125 Å². The number of hydrogen-bond acceptors (Lipinski definition) is 25. The third kappa shape index (κ3) is 34.5. The van der Waals surface area contributed by atoms with Crippen molar-refractivity contribution in [2.24, 2.45) is 59.2 Å². The summed E-state index contributed by atoms with van der Waals surface area (Å²) >= 11 is 0. The van der Waals surface area contributed by atoms with Crippen LogP contribution in [0.25, 0.3) is 0 Å². The second kappa shape index (κ2) is 46.3. The van der Waals surface area contributed by atoms with E-state index in [2.05, 4.69) is 26.3 Å². The smallest absolute Gasteiger partial charge is 0.428 e. The van der Waals surface area contributed by atoms with Crippen molar-refractivity contribution in [3.63, 3.8) is 0 Å². The molecule has 25 nitrogen and oxygen atoms in total. The number of fused-ring (bicyclic) bond motifs is 4. The molecule has 4 bridgehead atoms. The van der Waals surface area contributed by atoms with Crippen LogP contribution in [0.4, 0.5) is 105 Å². The Balaban J connectivity index is 0.000000500. The van der Waals surface area contributed by atoms with Gasteiger partial charge in [0.25, 0.3) is 22.4 Å². The van der Waals surface area contributed by atoms with Crippen LogP contribution in [0, 0.1) is 59.2 Å². The highest BCUT2D eigenvalue weighted by Gasteiger charge is 2.77. The van der Waals surface area contributed by atoms with Crippen LogP contribution in [0.15, 0.2) is 48.6 Å². The van der Waals surface area contributed by atoms with Gasteiger partial charge in [-0.25, -0.2) is 19.2 Å². The van der Waals surface area contributed by atoms with E-state index in [1.807, 2.05) is 0 Å². The predicted molar refractivity (Wildman–Crippen MR) is 478 cm³/mol. The number of halogens is 24. The molecule has 4 saturated carbocycles. The Labute approximate surface area is 835 Å². The van der Waals surface area contributed by atoms with E-state index in [4.69, 9.17) is 61.6 Å². The van der Waals surface area contributed by atoms with Gasteiger partial charge < -0.3 is 102 Å². The minimum atomic E-state index is -6.04. The summed E-state index contributed by atoms with van der Waals surface area (Å²) in [5.41, 5.74) is -35.0. The van der Waals surface area contributed by atoms with Crippen molar-refractivity contribution in [1.82, 2.24) is 0 Å². The zero-order chi connectivity index (χ0) is 115. The second-order valence-corrected chi connectivity index (χ2v) is 46.4. The Kier molecular flexibility index (Phi) is 42.6. The number of alkyl halides is 24. The lowest BCUT2D eigenvalue weighted by atomic mass is 9.64. The zero-order valence-electron chi connectivity index (χ0n) is 87.7. The number of hydrogen-bond donors (Lipinski definition) is 8. The van der Waals surface area contributed by atoms with Crippen LogP contribution in [0.1, 0.15) is 252 Å². The number of aliphatic hydroxyl groups is 8. The lowest BCUT2D eigenvalue weighted by molar-refractivity contribution is -0.384. The molecule has 2 aliphatic heterocycles. The van der Waals surface area contributed by atoms with Crippen LogP contribution >= 0.6 is 0 Å². The number of carbonyl (C=O) groups excluding carboxylic acids is 4. The first-order valence-electron chi connectivity index (χ1n) is 46.9. The third-order valence-electron chi connectivity index (χ3n) is 27.7. The van der Waals surface area contributed by atoms with Crippen LogP contribution in [-0.4, -0.2) is 293 Å². The van der Waals surface area contributed by atoms with Crippen LogP contribution in [0.3, 0.4) is 0 Å². The molecule has 0 aromatic heterocycles. The van der Waals surface area contributed by atoms with E-state index in [0.717, 1.165) is 0 Å². The highest BCUT2D eigenvalue weighted by Crippen LogP contribution is 2.63. The lowest BCUT2D eigenvalue weighted by Gasteiger charge is -2.50. The fourth-order valence-corrected chi connectivity index (χ4v) is 19.0. The summed E-state index contributed by atoms with van der Waals surface area (Å²) in [6, 6.07) is 0. The van der Waals surface area contributed by atoms with Gasteiger partial charge in [0.15, 0.2) is 0 Å². The van der Waals surface area contributed by atoms with Gasteiger partial charge >= 0.3 is 73.3 Å². The van der Waals surface area contributed by atoms with Gasteiger partial charge in [-0.15, -0.1) is 0 Å². The van der Waals surface area contributed by atoms with Crippen LogP contribution in [0.2, 0.25) is 0 Å². The normalized spacial score (nSPS) is 25.2. The quantitative estimate of drug-likeness (QED) is 0.0122. The molecular formula is C97H150F24O25. The molecule has 2 heterocycles. The second-order valence-electron chi connectivity index (χ2n) is 46.4. The van der Waals surface area contributed by atoms with Crippen LogP contribution in [-0.2, 0) is 80.8 Å². The first-order valence-corrected chi connectivity index (χ1v) is 46.9. The topological polar surface area (TPSA) is 350 Å². The summed E-state index contributed by atoms with van der Waals surface area (Å²) in [6.45, 7) is 47.8. The van der Waals surface area contributed by atoms with E-state index in [9.17, 15) is 165 Å². The van der Waals surface area contributed by atoms with Gasteiger partial charge in [0, 0.05) is 46.5 Å². The molecule has 6 aliphatic rings. The molecule has 6 rings (SSSR count). The Morgan fingerprint density at radius 2 is 0.521 bits per heavy atom. The maximum atomic E-state index is 13.3. The third-order valence-corrected chi connectivity index (χ3v) is 27.7. The Morgan fingerprint density at radius 3 is 0.836 bits per heavy atom. The first-order chi connectivity index (χ1) is 64.3. The summed E-state index contributed by atoms with van der Waals surface area (Å²) in [7, 11) is 0. The van der Waals surface area contributed by atoms with Gasteiger partial charge in [0.2, 0.25) is 0 Å². The van der Waals surface area contributed by atoms with Crippen molar-refractivity contribution >= 4 is 23.9 Å². The molecule has 16 atom stereocenters. The van der Waals surface area contributed by atoms with Crippen molar-refractivity contribution in [2.75, 3.05) is 52.9 Å². The molecule has 16 unspecified atom stereocenters. The standard InChI is InChI=1S/C25H38F6O6.C24H36F6O7.2C24H38F6O6/c1-13(2)19(32)37-16-10-14-9-15(16)18(22(7,8)35-11-20(3,4)33)17(14)21(5,6)36-12-23(34,24(26,27)28)25(29,30)31;1-12(2)18(31)37-14-9-13-15(16(17(14)36-13)21(7,8)34-10-19(3,4)32)20(5,6)35-11-22(33,23(25,26)27)24(28,29)30;1-14(2)18(31)36-17-10-15(20(5,6)34-12-19(3,4)32)9-16(11-17)21(7,8)35-13-22(33,23(25,26)27)24(28,29)30;1-14(2)18(31)36-15-9-10-16(17(11-15)21(7,8)34-12-19(3,4)32)20(5,6)35-13-22(33,23(25,26)27)24(28,29)30/h14-18,33-34H,1,9-12H2,2-8H3;13-17,32-33H,1,9-11H2,2-8H3;2*15-17,32-33H,1,9-13H2,2-8H3. The molecule has 0 aromatic rings. The van der Waals surface area contributed by atoms with Crippen molar-refractivity contribution in [3.05, 3.63) is 48.6 Å². The number of ether oxygens (including phenoxy) is 13. The summed E-state index contributed by atoms with van der Waals surface area (Å²) in [5.74, 6) is -8.18. The molecule has 0 amide bonds. The monoisotopic (exact) mass is 2170 g/mol. The van der Waals surface area contributed by atoms with Crippen LogP contribution < -0.4 is 0 Å². The van der Waals surface area contributed by atoms with Gasteiger partial charge in [-0.3, -0.25) is 0 Å². The average molecular weight is 2170 g/mol. The molecule has 2 saturated heterocycles. The van der Waals surface area contributed by atoms with E-state index in [-0.39, 0.29) is 105 Å². The Hall–Kier alpha value is -5.52. The average Bonchev–Trinajstić information content (AvgIpc) is 1.56. The number of esters is 4. The summed E-state index contributed by atoms with van der Waals surface area (Å²) < 4.78 is 390. The summed E-state index contributed by atoms with van der Waals surface area (Å²) in [5, 5.41) is 78.7. The zero-order valence-corrected chi connectivity index (χ0v) is 87.7. The van der Waals surface area contributed by atoms with E-state index in [1.54, 1.807) is 69.2 Å². The fraction of sp³-hybridized carbons (Fsp3) is 0.876. The molecule has 856 valence electrons. The van der Waals surface area contributed by atoms with Crippen molar-refractivity contribution in [3.8, 4) is 0 Å². The summed E-state index contributed by atoms with van der Waals surface area (Å²) in [4.78, 5) is 48.6. The van der Waals surface area contributed by atoms with E-state index in [0.29, 0.717) is 19.3 Å². The molecule has 6 fully saturated rings. The van der Waals surface area contributed by atoms with Crippen molar-refractivity contribution in [2.45, 2.75) is 427 Å². The number of carbonyl (C=O) groups is 4. The van der Waals surface area contributed by atoms with Gasteiger partial charge in [0.05, 0.1) is 126 Å². The Bertz CT molecular complexity index is 4160. The van der Waals surface area contributed by atoms with Gasteiger partial charge in [-0.2, -0.15) is 105 Å². The molecule has 4 aliphatic carbocycles. The Morgan fingerprint density at radius 1 is 0.267 bits per heavy atom. The molecule has 49 heteroatoms. The highest BCUT2D eigenvalue weighted by atomic mass is 19.4. The lowest BCUT2D eigenvalue weighted by Crippen LogP contribution is -2.62. The summed E-state index contributed by atoms with van der Waals surface area (Å²) in [6.07, 6.45) is -50.2. The largest absolute Gasteiger partial charge is 0.459 e. The van der Waals surface area contributed by atoms with E-state index >= 15 is 0 Å². The van der Waals surface area contributed by atoms with E-state index < -0.39 is 267 Å². The van der Waals surface area contributed by atoms with Gasteiger partial charge in [0.1, 0.15) is 30.5 Å². The SMILES string of the molecule is C=C(C)C(=O)OC1CC(C(C)(C)OCC(C)(C)O)CC(C(C)(C)OCC(O)(C(F)(F)F)C(F)(F)F)C1.C=C(C)C(=O)OC1CC2CC1C(C(C)(C)OCC(C)(C)O)C2C(C)(C)OCC(O)(C(F)(F)F)C(F)(F)F.C=C(C)C(=O)OC1CC2OC1C(C(C)(C)OCC(C)(C)O)C2C(C)(C)OCC(O)(C(F)(F)F)C(F)(F)F.C=C(C)C(=O)OC1CCC(C(C)(C)OCC(O)(C(F)(F)F)C(F)(F)F)C(C(C)(C)OCC(C)(C)O)C1. The predicted octanol–water partition coefficient (Wildman–Crippen LogP) is 19.3. The van der Waals surface area contributed by atoms with Gasteiger partial charge in [-0.1, -0.05) is 26.3 Å². The molecule has 8 N–H and O–H groups in total. The number of rotatable bonds is 40.